The van der Waals surface area contributed by atoms with E-state index in [1.807, 2.05) is 56.3 Å². The van der Waals surface area contributed by atoms with Crippen LogP contribution in [0.2, 0.25) is 0 Å². The highest BCUT2D eigenvalue weighted by molar-refractivity contribution is 5.93. The molecule has 0 bridgehead atoms. The first-order valence-corrected chi connectivity index (χ1v) is 7.71. The summed E-state index contributed by atoms with van der Waals surface area (Å²) < 4.78 is 0. The molecule has 2 aromatic carbocycles. The minimum absolute atomic E-state index is 0.111. The van der Waals surface area contributed by atoms with Crippen LogP contribution in [0.4, 0.5) is 5.69 Å². The average Bonchev–Trinajstić information content (AvgIpc) is 2.55. The maximum atomic E-state index is 12.0. The molecule has 0 saturated heterocycles. The lowest BCUT2D eigenvalue weighted by molar-refractivity contribution is -0.120. The molecule has 1 amide bonds. The van der Waals surface area contributed by atoms with Gasteiger partial charge in [0.15, 0.2) is 6.61 Å². The van der Waals surface area contributed by atoms with Gasteiger partial charge in [-0.15, -0.1) is 0 Å². The summed E-state index contributed by atoms with van der Waals surface area (Å²) in [4.78, 5) is 17.1. The van der Waals surface area contributed by atoms with E-state index >= 15 is 0 Å². The van der Waals surface area contributed by atoms with Crippen LogP contribution in [0.5, 0.6) is 0 Å². The molecule has 0 atom stereocenters. The third kappa shape index (κ3) is 4.68. The minimum atomic E-state index is -0.212. The average molecular weight is 310 g/mol. The summed E-state index contributed by atoms with van der Waals surface area (Å²) >= 11 is 0. The molecule has 0 unspecified atom stereocenters. The molecule has 4 heteroatoms. The third-order valence-electron chi connectivity index (χ3n) is 3.65. The number of hydrogen-bond acceptors (Lipinski definition) is 3. The Balaban J connectivity index is 1.90. The predicted molar refractivity (Wildman–Crippen MR) is 93.9 cm³/mol. The highest BCUT2D eigenvalue weighted by Crippen LogP contribution is 2.20. The van der Waals surface area contributed by atoms with E-state index in [4.69, 9.17) is 4.84 Å². The van der Waals surface area contributed by atoms with Crippen molar-refractivity contribution in [3.63, 3.8) is 0 Å². The quantitative estimate of drug-likeness (QED) is 0.650. The van der Waals surface area contributed by atoms with Crippen LogP contribution in [-0.2, 0) is 16.1 Å². The van der Waals surface area contributed by atoms with Gasteiger partial charge in [0.2, 0.25) is 0 Å². The molecule has 0 saturated carbocycles. The summed E-state index contributed by atoms with van der Waals surface area (Å²) in [6, 6.07) is 13.8. The molecule has 0 aliphatic rings. The van der Waals surface area contributed by atoms with Crippen LogP contribution < -0.4 is 5.32 Å². The Hall–Kier alpha value is -2.62. The number of anilines is 1. The number of amides is 1. The number of nitrogens with one attached hydrogen (secondary N) is 1. The van der Waals surface area contributed by atoms with Gasteiger partial charge in [-0.2, -0.15) is 0 Å². The lowest BCUT2D eigenvalue weighted by Crippen LogP contribution is -2.18. The van der Waals surface area contributed by atoms with Crippen LogP contribution in [0.1, 0.15) is 29.2 Å². The number of carbonyl (C=O) groups is 1. The summed E-state index contributed by atoms with van der Waals surface area (Å²) in [5.41, 5.74) is 5.10. The predicted octanol–water partition coefficient (Wildman–Crippen LogP) is 3.86. The normalized spacial score (nSPS) is 10.7. The first-order chi connectivity index (χ1) is 11.1. The molecule has 0 aliphatic carbocycles. The molecule has 120 valence electrons. The fourth-order valence-electron chi connectivity index (χ4n) is 2.30. The molecule has 0 aromatic heterocycles. The van der Waals surface area contributed by atoms with Gasteiger partial charge < -0.3 is 10.2 Å². The van der Waals surface area contributed by atoms with Gasteiger partial charge in [0.1, 0.15) is 0 Å². The Morgan fingerprint density at radius 2 is 1.87 bits per heavy atom. The summed E-state index contributed by atoms with van der Waals surface area (Å²) in [5, 5.41) is 6.77. The number of para-hydroxylation sites is 1. The minimum Gasteiger partial charge on any atom is -0.386 e. The van der Waals surface area contributed by atoms with Gasteiger partial charge in [-0.25, -0.2) is 0 Å². The highest BCUT2D eigenvalue weighted by Gasteiger charge is 2.08. The molecule has 2 rings (SSSR count). The zero-order valence-corrected chi connectivity index (χ0v) is 13.8. The maximum absolute atomic E-state index is 12.0. The molecule has 0 radical (unpaired) electrons. The molecule has 23 heavy (non-hydrogen) atoms. The van der Waals surface area contributed by atoms with Crippen molar-refractivity contribution in [1.29, 1.82) is 0 Å². The monoisotopic (exact) mass is 310 g/mol. The van der Waals surface area contributed by atoms with Crippen molar-refractivity contribution in [2.24, 2.45) is 5.16 Å². The van der Waals surface area contributed by atoms with Crippen molar-refractivity contribution in [3.05, 3.63) is 64.7 Å². The molecule has 0 fully saturated rings. The van der Waals surface area contributed by atoms with Crippen molar-refractivity contribution in [2.75, 3.05) is 11.9 Å². The molecule has 0 spiro atoms. The Bertz CT molecular complexity index is 708. The second-order valence-corrected chi connectivity index (χ2v) is 5.38. The van der Waals surface area contributed by atoms with E-state index in [0.717, 1.165) is 34.4 Å². The standard InChI is InChI=1S/C19H22N2O2/c1-4-16-11-7-9-15(3)19(16)21-18(22)13-23-20-12-17-10-6-5-8-14(17)2/h5-12H,4,13H2,1-3H3,(H,21,22)/b20-12-. The summed E-state index contributed by atoms with van der Waals surface area (Å²) in [7, 11) is 0. The van der Waals surface area contributed by atoms with Crippen molar-refractivity contribution in [3.8, 4) is 0 Å². The number of aryl methyl sites for hydroxylation is 3. The van der Waals surface area contributed by atoms with Gasteiger partial charge >= 0.3 is 0 Å². The van der Waals surface area contributed by atoms with Crippen LogP contribution in [0, 0.1) is 13.8 Å². The molecular weight excluding hydrogens is 288 g/mol. The molecule has 2 aromatic rings. The smallest absolute Gasteiger partial charge is 0.265 e. The van der Waals surface area contributed by atoms with E-state index < -0.39 is 0 Å². The topological polar surface area (TPSA) is 50.7 Å². The number of nitrogens with zero attached hydrogens (tertiary/aromatic N) is 1. The zero-order chi connectivity index (χ0) is 16.7. The first-order valence-electron chi connectivity index (χ1n) is 7.71. The fourth-order valence-corrected chi connectivity index (χ4v) is 2.30. The third-order valence-corrected chi connectivity index (χ3v) is 3.65. The molecular formula is C19H22N2O2. The summed E-state index contributed by atoms with van der Waals surface area (Å²) in [6.45, 7) is 5.93. The van der Waals surface area contributed by atoms with Gasteiger partial charge in [0, 0.05) is 5.69 Å². The van der Waals surface area contributed by atoms with E-state index in [1.165, 1.54) is 0 Å². The van der Waals surface area contributed by atoms with Crippen LogP contribution in [-0.4, -0.2) is 18.7 Å². The zero-order valence-electron chi connectivity index (χ0n) is 13.8. The van der Waals surface area contributed by atoms with E-state index in [0.29, 0.717) is 0 Å². The second kappa shape index (κ2) is 8.13. The summed E-state index contributed by atoms with van der Waals surface area (Å²) in [5.74, 6) is -0.212. The number of oxime groups is 1. The molecule has 4 nitrogen and oxygen atoms in total. The van der Waals surface area contributed by atoms with Crippen LogP contribution in [0.15, 0.2) is 47.6 Å². The van der Waals surface area contributed by atoms with Gasteiger partial charge in [-0.05, 0) is 42.5 Å². The van der Waals surface area contributed by atoms with Crippen LogP contribution >= 0.6 is 0 Å². The Labute approximate surface area is 137 Å². The number of carbonyl (C=O) groups excluding carboxylic acids is 1. The van der Waals surface area contributed by atoms with Crippen LogP contribution in [0.25, 0.3) is 0 Å². The lowest BCUT2D eigenvalue weighted by Gasteiger charge is -2.12. The SMILES string of the molecule is CCc1cccc(C)c1NC(=O)CO/N=C\c1ccccc1C. The molecule has 0 aliphatic heterocycles. The largest absolute Gasteiger partial charge is 0.386 e. The van der Waals surface area contributed by atoms with Crippen molar-refractivity contribution in [2.45, 2.75) is 27.2 Å². The Morgan fingerprint density at radius 3 is 2.61 bits per heavy atom. The van der Waals surface area contributed by atoms with Crippen molar-refractivity contribution in [1.82, 2.24) is 0 Å². The van der Waals surface area contributed by atoms with E-state index in [9.17, 15) is 4.79 Å². The first kappa shape index (κ1) is 16.7. The van der Waals surface area contributed by atoms with Gasteiger partial charge in [0.25, 0.3) is 5.91 Å². The van der Waals surface area contributed by atoms with Gasteiger partial charge in [0.05, 0.1) is 6.21 Å². The fraction of sp³-hybridized carbons (Fsp3) is 0.263. The lowest BCUT2D eigenvalue weighted by atomic mass is 10.1. The molecule has 0 heterocycles. The number of hydrogen-bond donors (Lipinski definition) is 1. The number of benzene rings is 2. The Kier molecular flexibility index (Phi) is 5.92. The van der Waals surface area contributed by atoms with E-state index in [-0.39, 0.29) is 12.5 Å². The van der Waals surface area contributed by atoms with Crippen molar-refractivity contribution >= 4 is 17.8 Å². The highest BCUT2D eigenvalue weighted by atomic mass is 16.6. The van der Waals surface area contributed by atoms with Crippen LogP contribution in [0.3, 0.4) is 0 Å². The summed E-state index contributed by atoms with van der Waals surface area (Å²) in [6.07, 6.45) is 2.48. The van der Waals surface area contributed by atoms with E-state index in [1.54, 1.807) is 6.21 Å². The second-order valence-electron chi connectivity index (χ2n) is 5.38. The Morgan fingerprint density at radius 1 is 1.13 bits per heavy atom. The van der Waals surface area contributed by atoms with E-state index in [2.05, 4.69) is 17.4 Å². The van der Waals surface area contributed by atoms with Gasteiger partial charge in [-0.1, -0.05) is 54.5 Å². The molecule has 1 N–H and O–H groups in total. The number of rotatable bonds is 6. The van der Waals surface area contributed by atoms with Gasteiger partial charge in [-0.3, -0.25) is 4.79 Å². The maximum Gasteiger partial charge on any atom is 0.265 e. The van der Waals surface area contributed by atoms with Crippen molar-refractivity contribution < 1.29 is 9.63 Å².